The van der Waals surface area contributed by atoms with E-state index in [0.717, 1.165) is 35.5 Å². The van der Waals surface area contributed by atoms with Crippen molar-refractivity contribution in [2.24, 2.45) is 46.3 Å². The number of hydrogen-bond donors (Lipinski definition) is 0. The van der Waals surface area contributed by atoms with E-state index in [4.69, 9.17) is 4.74 Å². The number of hydrogen-bond acceptors (Lipinski definition) is 1. The number of rotatable bonds is 6. The van der Waals surface area contributed by atoms with Gasteiger partial charge in [-0.3, -0.25) is 0 Å². The first-order chi connectivity index (χ1) is 14.3. The van der Waals surface area contributed by atoms with E-state index < -0.39 is 0 Å². The molecule has 0 amide bonds. The highest BCUT2D eigenvalue weighted by Gasteiger charge is 2.57. The van der Waals surface area contributed by atoms with Crippen LogP contribution >= 0.6 is 0 Å². The standard InChI is InChI=1S/C29H50O/c1-20(2)9-7-10-21(3)25-11-8-12-26-24-14-13-22-19-23(30-6)15-17-28(22,4)27(24)16-18-29(25,26)5/h13,20-21,23-27H,7-12,14-19H2,1-6H3. The first kappa shape index (κ1) is 22.9. The molecule has 8 unspecified atom stereocenters. The summed E-state index contributed by atoms with van der Waals surface area (Å²) in [6.45, 7) is 12.8. The van der Waals surface area contributed by atoms with Gasteiger partial charge in [-0.1, -0.05) is 72.0 Å². The van der Waals surface area contributed by atoms with Gasteiger partial charge in [-0.2, -0.15) is 0 Å². The maximum atomic E-state index is 5.77. The number of fused-ring (bicyclic) bond motifs is 5. The van der Waals surface area contributed by atoms with Gasteiger partial charge < -0.3 is 4.74 Å². The van der Waals surface area contributed by atoms with Crippen molar-refractivity contribution in [1.82, 2.24) is 0 Å². The van der Waals surface area contributed by atoms with Crippen LogP contribution in [0.4, 0.5) is 0 Å². The SMILES string of the molecule is COC1CCC2(C)C(=CCC3C2CCC2(C)C(C(C)CCCC(C)C)CCCC32)C1. The molecule has 0 aromatic rings. The Bertz CT molecular complexity index is 620. The molecule has 1 heteroatoms. The molecule has 4 aliphatic carbocycles. The average Bonchev–Trinajstić information content (AvgIpc) is 2.71. The van der Waals surface area contributed by atoms with Crippen molar-refractivity contribution in [2.45, 2.75) is 118 Å². The Kier molecular flexibility index (Phi) is 6.80. The van der Waals surface area contributed by atoms with Crippen molar-refractivity contribution in [1.29, 1.82) is 0 Å². The van der Waals surface area contributed by atoms with Gasteiger partial charge in [-0.25, -0.2) is 0 Å². The molecule has 0 aromatic carbocycles. The van der Waals surface area contributed by atoms with E-state index in [9.17, 15) is 0 Å². The Morgan fingerprint density at radius 3 is 2.53 bits per heavy atom. The van der Waals surface area contributed by atoms with Crippen molar-refractivity contribution in [3.63, 3.8) is 0 Å². The van der Waals surface area contributed by atoms with E-state index in [2.05, 4.69) is 40.7 Å². The van der Waals surface area contributed by atoms with Crippen LogP contribution in [0.3, 0.4) is 0 Å². The van der Waals surface area contributed by atoms with Gasteiger partial charge in [0.2, 0.25) is 0 Å². The van der Waals surface area contributed by atoms with Crippen LogP contribution in [-0.2, 0) is 4.74 Å². The van der Waals surface area contributed by atoms with Crippen LogP contribution in [0.15, 0.2) is 11.6 Å². The van der Waals surface area contributed by atoms with Crippen LogP contribution in [0, 0.1) is 46.3 Å². The molecular formula is C29H50O. The molecule has 4 rings (SSSR count). The van der Waals surface area contributed by atoms with Crippen molar-refractivity contribution < 1.29 is 4.74 Å². The molecule has 30 heavy (non-hydrogen) atoms. The van der Waals surface area contributed by atoms with E-state index in [0.29, 0.717) is 16.9 Å². The molecule has 3 saturated carbocycles. The van der Waals surface area contributed by atoms with E-state index in [1.54, 1.807) is 5.57 Å². The fourth-order valence-corrected chi connectivity index (χ4v) is 9.05. The molecule has 0 radical (unpaired) electrons. The molecule has 0 saturated heterocycles. The van der Waals surface area contributed by atoms with Crippen molar-refractivity contribution >= 4 is 0 Å². The van der Waals surface area contributed by atoms with E-state index in [1.807, 2.05) is 7.11 Å². The van der Waals surface area contributed by atoms with Gasteiger partial charge in [0.25, 0.3) is 0 Å². The van der Waals surface area contributed by atoms with Crippen molar-refractivity contribution in [3.05, 3.63) is 11.6 Å². The number of methoxy groups -OCH3 is 1. The van der Waals surface area contributed by atoms with Gasteiger partial charge in [0.15, 0.2) is 0 Å². The lowest BCUT2D eigenvalue weighted by atomic mass is 9.42. The fourth-order valence-electron chi connectivity index (χ4n) is 9.05. The molecule has 1 nitrogen and oxygen atoms in total. The van der Waals surface area contributed by atoms with E-state index in [-0.39, 0.29) is 0 Å². The highest BCUT2D eigenvalue weighted by molar-refractivity contribution is 5.25. The number of allylic oxidation sites excluding steroid dienone is 1. The normalized spacial score (nSPS) is 44.6. The highest BCUT2D eigenvalue weighted by atomic mass is 16.5. The lowest BCUT2D eigenvalue weighted by Gasteiger charge is -2.62. The Morgan fingerprint density at radius 1 is 1.00 bits per heavy atom. The predicted molar refractivity (Wildman–Crippen MR) is 128 cm³/mol. The summed E-state index contributed by atoms with van der Waals surface area (Å²) in [4.78, 5) is 0. The third-order valence-corrected chi connectivity index (χ3v) is 10.8. The third-order valence-electron chi connectivity index (χ3n) is 10.8. The Labute approximate surface area is 187 Å². The molecule has 0 aromatic heterocycles. The molecule has 0 N–H and O–H groups in total. The molecular weight excluding hydrogens is 364 g/mol. The Hall–Kier alpha value is -0.300. The zero-order chi connectivity index (χ0) is 21.5. The van der Waals surface area contributed by atoms with Gasteiger partial charge >= 0.3 is 0 Å². The van der Waals surface area contributed by atoms with Crippen LogP contribution in [0.1, 0.15) is 112 Å². The molecule has 0 bridgehead atoms. The summed E-state index contributed by atoms with van der Waals surface area (Å²) in [7, 11) is 1.91. The second-order valence-electron chi connectivity index (χ2n) is 12.7. The topological polar surface area (TPSA) is 9.23 Å². The molecule has 0 aliphatic heterocycles. The van der Waals surface area contributed by atoms with Gasteiger partial charge in [0.1, 0.15) is 0 Å². The minimum absolute atomic E-state index is 0.467. The lowest BCUT2D eigenvalue weighted by Crippen LogP contribution is -2.54. The molecule has 4 aliphatic rings. The second-order valence-corrected chi connectivity index (χ2v) is 12.7. The smallest absolute Gasteiger partial charge is 0.0608 e. The molecule has 172 valence electrons. The molecule has 8 atom stereocenters. The monoisotopic (exact) mass is 414 g/mol. The largest absolute Gasteiger partial charge is 0.381 e. The van der Waals surface area contributed by atoms with Crippen molar-refractivity contribution in [2.75, 3.05) is 7.11 Å². The predicted octanol–water partition coefficient (Wildman–Crippen LogP) is 8.43. The van der Waals surface area contributed by atoms with E-state index >= 15 is 0 Å². The molecule has 0 spiro atoms. The van der Waals surface area contributed by atoms with Gasteiger partial charge in [-0.05, 0) is 97.7 Å². The minimum Gasteiger partial charge on any atom is -0.381 e. The highest BCUT2D eigenvalue weighted by Crippen LogP contribution is 2.66. The summed E-state index contributed by atoms with van der Waals surface area (Å²) in [6, 6.07) is 0. The first-order valence-corrected chi connectivity index (χ1v) is 13.5. The van der Waals surface area contributed by atoms with Crippen LogP contribution in [0.2, 0.25) is 0 Å². The first-order valence-electron chi connectivity index (χ1n) is 13.5. The van der Waals surface area contributed by atoms with Crippen LogP contribution in [0.25, 0.3) is 0 Å². The zero-order valence-corrected chi connectivity index (χ0v) is 21.0. The van der Waals surface area contributed by atoms with Gasteiger partial charge in [0, 0.05) is 7.11 Å². The summed E-state index contributed by atoms with van der Waals surface area (Å²) in [5.41, 5.74) is 2.83. The number of ether oxygens (including phenoxy) is 1. The van der Waals surface area contributed by atoms with Crippen LogP contribution in [0.5, 0.6) is 0 Å². The molecule has 3 fully saturated rings. The summed E-state index contributed by atoms with van der Waals surface area (Å²) >= 11 is 0. The maximum absolute atomic E-state index is 5.77. The maximum Gasteiger partial charge on any atom is 0.0608 e. The quantitative estimate of drug-likeness (QED) is 0.396. The summed E-state index contributed by atoms with van der Waals surface area (Å²) in [5, 5.41) is 0. The third kappa shape index (κ3) is 3.95. The van der Waals surface area contributed by atoms with Crippen LogP contribution < -0.4 is 0 Å². The van der Waals surface area contributed by atoms with Gasteiger partial charge in [-0.15, -0.1) is 0 Å². The summed E-state index contributed by atoms with van der Waals surface area (Å²) < 4.78 is 5.77. The summed E-state index contributed by atoms with van der Waals surface area (Å²) in [5.74, 6) is 5.59. The Morgan fingerprint density at radius 2 is 1.80 bits per heavy atom. The second kappa shape index (κ2) is 8.92. The van der Waals surface area contributed by atoms with Gasteiger partial charge in [0.05, 0.1) is 6.10 Å². The Balaban J connectivity index is 1.51. The zero-order valence-electron chi connectivity index (χ0n) is 21.0. The lowest BCUT2D eigenvalue weighted by molar-refractivity contribution is -0.110. The molecule has 0 heterocycles. The van der Waals surface area contributed by atoms with E-state index in [1.165, 1.54) is 77.0 Å². The van der Waals surface area contributed by atoms with Crippen LogP contribution in [-0.4, -0.2) is 13.2 Å². The minimum atomic E-state index is 0.467. The summed E-state index contributed by atoms with van der Waals surface area (Å²) in [6.07, 6.45) is 20.1. The average molecular weight is 415 g/mol. The fraction of sp³-hybridized carbons (Fsp3) is 0.931. The van der Waals surface area contributed by atoms with Crippen molar-refractivity contribution in [3.8, 4) is 0 Å².